The molecule has 24 heavy (non-hydrogen) atoms. The average molecular weight is 393 g/mol. The van der Waals surface area contributed by atoms with Crippen LogP contribution in [0.1, 0.15) is 11.1 Å². The molecule has 0 heterocycles. The number of carbonyl (C=O) groups excluding carboxylic acids is 1. The first-order chi connectivity index (χ1) is 11.5. The van der Waals surface area contributed by atoms with Gasteiger partial charge in [0.25, 0.3) is 5.91 Å². The zero-order valence-corrected chi connectivity index (χ0v) is 14.8. The molecule has 0 unspecified atom stereocenters. The fourth-order valence-corrected chi connectivity index (χ4v) is 2.38. The van der Waals surface area contributed by atoms with E-state index in [1.165, 1.54) is 19.4 Å². The van der Waals surface area contributed by atoms with Crippen LogP contribution in [0, 0.1) is 6.92 Å². The largest absolute Gasteiger partial charge is 0.504 e. The summed E-state index contributed by atoms with van der Waals surface area (Å²) in [6.45, 7) is 1.76. The normalized spacial score (nSPS) is 10.6. The maximum absolute atomic E-state index is 11.7. The Bertz CT molecular complexity index is 762. The van der Waals surface area contributed by atoms with Crippen molar-refractivity contribution in [2.75, 3.05) is 13.7 Å². The van der Waals surface area contributed by atoms with Crippen LogP contribution in [0.5, 0.6) is 17.2 Å². The lowest BCUT2D eigenvalue weighted by Crippen LogP contribution is -2.24. The van der Waals surface area contributed by atoms with E-state index in [-0.39, 0.29) is 18.3 Å². The van der Waals surface area contributed by atoms with Gasteiger partial charge >= 0.3 is 0 Å². The van der Waals surface area contributed by atoms with E-state index in [1.807, 2.05) is 19.1 Å². The third-order valence-corrected chi connectivity index (χ3v) is 3.60. The summed E-state index contributed by atoms with van der Waals surface area (Å²) in [7, 11) is 1.46. The van der Waals surface area contributed by atoms with Crippen LogP contribution in [0.4, 0.5) is 0 Å². The molecule has 2 N–H and O–H groups in total. The van der Waals surface area contributed by atoms with Crippen molar-refractivity contribution in [2.45, 2.75) is 6.92 Å². The molecule has 6 nitrogen and oxygen atoms in total. The van der Waals surface area contributed by atoms with Crippen molar-refractivity contribution in [2.24, 2.45) is 5.10 Å². The summed E-state index contributed by atoms with van der Waals surface area (Å²) in [6, 6.07) is 10.3. The molecule has 2 aromatic carbocycles. The molecule has 0 saturated heterocycles. The van der Waals surface area contributed by atoms with Crippen molar-refractivity contribution >= 4 is 28.1 Å². The smallest absolute Gasteiger partial charge is 0.277 e. The van der Waals surface area contributed by atoms with Crippen LogP contribution in [0.15, 0.2) is 46.0 Å². The van der Waals surface area contributed by atoms with E-state index < -0.39 is 0 Å². The van der Waals surface area contributed by atoms with E-state index in [4.69, 9.17) is 9.47 Å². The second-order valence-corrected chi connectivity index (χ2v) is 5.84. The molecular weight excluding hydrogens is 376 g/mol. The first-order valence-corrected chi connectivity index (χ1v) is 7.86. The first kappa shape index (κ1) is 17.8. The van der Waals surface area contributed by atoms with Crippen molar-refractivity contribution < 1.29 is 19.4 Å². The van der Waals surface area contributed by atoms with E-state index in [2.05, 4.69) is 26.5 Å². The van der Waals surface area contributed by atoms with Gasteiger partial charge < -0.3 is 14.6 Å². The third-order valence-electron chi connectivity index (χ3n) is 3.10. The van der Waals surface area contributed by atoms with E-state index in [0.717, 1.165) is 10.0 Å². The molecule has 1 amide bonds. The van der Waals surface area contributed by atoms with Crippen molar-refractivity contribution in [3.05, 3.63) is 52.0 Å². The van der Waals surface area contributed by atoms with E-state index in [9.17, 15) is 9.90 Å². The van der Waals surface area contributed by atoms with Crippen LogP contribution in [-0.4, -0.2) is 30.9 Å². The fraction of sp³-hybridized carbons (Fsp3) is 0.176. The average Bonchev–Trinajstić information content (AvgIpc) is 2.55. The second-order valence-electron chi connectivity index (χ2n) is 4.92. The number of methoxy groups -OCH3 is 1. The highest BCUT2D eigenvalue weighted by Gasteiger charge is 2.05. The van der Waals surface area contributed by atoms with Gasteiger partial charge in [-0.25, -0.2) is 5.43 Å². The van der Waals surface area contributed by atoms with E-state index in [1.54, 1.807) is 18.2 Å². The van der Waals surface area contributed by atoms with Gasteiger partial charge in [0.2, 0.25) is 0 Å². The van der Waals surface area contributed by atoms with E-state index >= 15 is 0 Å². The quantitative estimate of drug-likeness (QED) is 0.584. The third kappa shape index (κ3) is 4.99. The Kier molecular flexibility index (Phi) is 6.20. The predicted octanol–water partition coefficient (Wildman–Crippen LogP) is 3.00. The fourth-order valence-electron chi connectivity index (χ4n) is 1.90. The van der Waals surface area contributed by atoms with Gasteiger partial charge in [0.15, 0.2) is 18.1 Å². The number of rotatable bonds is 6. The molecule has 0 aliphatic heterocycles. The lowest BCUT2D eigenvalue weighted by atomic mass is 10.2. The maximum Gasteiger partial charge on any atom is 0.277 e. The minimum absolute atomic E-state index is 0.0388. The number of nitrogens with zero attached hydrogens (tertiary/aromatic N) is 1. The van der Waals surface area contributed by atoms with Crippen LogP contribution in [0.3, 0.4) is 0 Å². The van der Waals surface area contributed by atoms with Gasteiger partial charge in [0.05, 0.1) is 13.3 Å². The summed E-state index contributed by atoms with van der Waals surface area (Å²) in [6.07, 6.45) is 1.45. The monoisotopic (exact) mass is 392 g/mol. The zero-order valence-electron chi connectivity index (χ0n) is 13.2. The first-order valence-electron chi connectivity index (χ1n) is 7.07. The van der Waals surface area contributed by atoms with Gasteiger partial charge in [0, 0.05) is 4.47 Å². The molecule has 0 spiro atoms. The molecular formula is C17H17BrN2O4. The van der Waals surface area contributed by atoms with Gasteiger partial charge in [-0.2, -0.15) is 5.10 Å². The van der Waals surface area contributed by atoms with Crippen molar-refractivity contribution in [1.82, 2.24) is 5.43 Å². The summed E-state index contributed by atoms with van der Waals surface area (Å²) in [5.41, 5.74) is 3.98. The number of hydrazone groups is 1. The highest BCUT2D eigenvalue weighted by Crippen LogP contribution is 2.25. The molecule has 2 aromatic rings. The van der Waals surface area contributed by atoms with Crippen molar-refractivity contribution in [3.8, 4) is 17.2 Å². The Morgan fingerprint density at radius 1 is 1.29 bits per heavy atom. The van der Waals surface area contributed by atoms with Crippen LogP contribution in [-0.2, 0) is 4.79 Å². The number of hydrogen-bond donors (Lipinski definition) is 2. The number of aryl methyl sites for hydroxylation is 1. The zero-order chi connectivity index (χ0) is 17.5. The van der Waals surface area contributed by atoms with E-state index in [0.29, 0.717) is 17.1 Å². The number of halogens is 1. The highest BCUT2D eigenvalue weighted by molar-refractivity contribution is 9.10. The highest BCUT2D eigenvalue weighted by atomic mass is 79.9. The second kappa shape index (κ2) is 8.35. The Balaban J connectivity index is 1.86. The molecule has 0 bridgehead atoms. The van der Waals surface area contributed by atoms with Crippen LogP contribution < -0.4 is 14.9 Å². The SMILES string of the molecule is COc1cc(/C=N/NC(=O)COc2ccc(Br)cc2C)ccc1O. The topological polar surface area (TPSA) is 80.2 Å². The Morgan fingerprint density at radius 2 is 2.08 bits per heavy atom. The summed E-state index contributed by atoms with van der Waals surface area (Å²) < 4.78 is 11.4. The summed E-state index contributed by atoms with van der Waals surface area (Å²) >= 11 is 3.37. The predicted molar refractivity (Wildman–Crippen MR) is 94.8 cm³/mol. The van der Waals surface area contributed by atoms with Crippen molar-refractivity contribution in [3.63, 3.8) is 0 Å². The standard InChI is InChI=1S/C17H17BrN2O4/c1-11-7-13(18)4-6-15(11)24-10-17(22)20-19-9-12-3-5-14(21)16(8-12)23-2/h3-9,21H,10H2,1-2H3,(H,20,22)/b19-9+. The molecule has 7 heteroatoms. The molecule has 0 atom stereocenters. The number of carbonyl (C=O) groups is 1. The molecule has 0 aliphatic carbocycles. The maximum atomic E-state index is 11.7. The summed E-state index contributed by atoms with van der Waals surface area (Å²) in [5, 5.41) is 13.4. The molecule has 2 rings (SSSR count). The van der Waals surface area contributed by atoms with Crippen molar-refractivity contribution in [1.29, 1.82) is 0 Å². The number of phenolic OH excluding ortho intramolecular Hbond substituents is 1. The number of phenols is 1. The number of amides is 1. The lowest BCUT2D eigenvalue weighted by Gasteiger charge is -2.08. The minimum atomic E-state index is -0.376. The lowest BCUT2D eigenvalue weighted by molar-refractivity contribution is -0.123. The van der Waals surface area contributed by atoms with Gasteiger partial charge in [-0.3, -0.25) is 4.79 Å². The number of hydrogen-bond acceptors (Lipinski definition) is 5. The summed E-state index contributed by atoms with van der Waals surface area (Å²) in [4.78, 5) is 11.7. The van der Waals surface area contributed by atoms with Gasteiger partial charge in [0.1, 0.15) is 5.75 Å². The molecule has 0 radical (unpaired) electrons. The number of aromatic hydroxyl groups is 1. The number of ether oxygens (including phenoxy) is 2. The van der Waals surface area contributed by atoms with Gasteiger partial charge in [-0.05, 0) is 54.4 Å². The van der Waals surface area contributed by atoms with Crippen LogP contribution in [0.25, 0.3) is 0 Å². The molecule has 0 fully saturated rings. The number of benzene rings is 2. The van der Waals surface area contributed by atoms with Crippen LogP contribution >= 0.6 is 15.9 Å². The van der Waals surface area contributed by atoms with Gasteiger partial charge in [-0.1, -0.05) is 15.9 Å². The Labute approximate surface area is 148 Å². The summed E-state index contributed by atoms with van der Waals surface area (Å²) in [5.74, 6) is 0.635. The Hall–Kier alpha value is -2.54. The van der Waals surface area contributed by atoms with Gasteiger partial charge in [-0.15, -0.1) is 0 Å². The Morgan fingerprint density at radius 3 is 2.79 bits per heavy atom. The molecule has 0 aromatic heterocycles. The molecule has 126 valence electrons. The minimum Gasteiger partial charge on any atom is -0.504 e. The molecule has 0 aliphatic rings. The number of nitrogens with one attached hydrogen (secondary N) is 1. The van der Waals surface area contributed by atoms with Crippen LogP contribution in [0.2, 0.25) is 0 Å². The molecule has 0 saturated carbocycles.